The number of hydrogen-bond donors (Lipinski definition) is 3. The van der Waals surface area contributed by atoms with Gasteiger partial charge in [0.25, 0.3) is 0 Å². The molecule has 0 aliphatic carbocycles. The highest BCUT2D eigenvalue weighted by Crippen LogP contribution is 1.94. The Morgan fingerprint density at radius 1 is 1.44 bits per heavy atom. The van der Waals surface area contributed by atoms with Crippen molar-refractivity contribution in [3.05, 3.63) is 0 Å². The number of amides is 2. The lowest BCUT2D eigenvalue weighted by atomic mass is 10.2. The molecule has 0 bridgehead atoms. The number of carboxylic acids is 1. The fourth-order valence-electron chi connectivity index (χ4n) is 1.19. The Morgan fingerprint density at radius 3 is 2.50 bits per heavy atom. The number of rotatable bonds is 7. The van der Waals surface area contributed by atoms with E-state index in [9.17, 15) is 9.59 Å². The number of aliphatic carboxylic acids is 1. The summed E-state index contributed by atoms with van der Waals surface area (Å²) in [5.74, 6) is -1.00. The van der Waals surface area contributed by atoms with Gasteiger partial charge >= 0.3 is 12.0 Å². The number of carboxylic acid groups (broad SMARTS) is 1. The Balaban J connectivity index is 3.98. The Kier molecular flexibility index (Phi) is 7.28. The van der Waals surface area contributed by atoms with Crippen LogP contribution < -0.4 is 10.6 Å². The van der Waals surface area contributed by atoms with E-state index in [-0.39, 0.29) is 6.03 Å². The molecule has 94 valence electrons. The van der Waals surface area contributed by atoms with Gasteiger partial charge in [0, 0.05) is 13.6 Å². The molecule has 0 spiro atoms. The summed E-state index contributed by atoms with van der Waals surface area (Å²) in [4.78, 5) is 23.7. The molecule has 0 saturated carbocycles. The average Bonchev–Trinajstić information content (AvgIpc) is 2.25. The van der Waals surface area contributed by atoms with Gasteiger partial charge < -0.3 is 20.6 Å². The minimum atomic E-state index is -1.00. The van der Waals surface area contributed by atoms with Gasteiger partial charge in [-0.25, -0.2) is 9.59 Å². The van der Waals surface area contributed by atoms with Crippen LogP contribution in [-0.4, -0.2) is 55.2 Å². The van der Waals surface area contributed by atoms with Crippen LogP contribution in [0.25, 0.3) is 0 Å². The highest BCUT2D eigenvalue weighted by molar-refractivity contribution is 5.82. The number of carbonyl (C=O) groups excluding carboxylic acids is 1. The molecule has 0 saturated heterocycles. The lowest BCUT2D eigenvalue weighted by molar-refractivity contribution is -0.139. The van der Waals surface area contributed by atoms with Crippen LogP contribution in [0.4, 0.5) is 4.79 Å². The minimum Gasteiger partial charge on any atom is -0.480 e. The second-order valence-electron chi connectivity index (χ2n) is 3.63. The van der Waals surface area contributed by atoms with E-state index in [4.69, 9.17) is 5.11 Å². The Hall–Kier alpha value is -1.30. The van der Waals surface area contributed by atoms with Crippen molar-refractivity contribution in [1.29, 1.82) is 0 Å². The van der Waals surface area contributed by atoms with Crippen molar-refractivity contribution in [3.8, 4) is 0 Å². The summed E-state index contributed by atoms with van der Waals surface area (Å²) in [6.45, 7) is 3.15. The molecule has 0 aromatic rings. The molecule has 0 aliphatic heterocycles. The van der Waals surface area contributed by atoms with Gasteiger partial charge in [0.05, 0.1) is 0 Å². The van der Waals surface area contributed by atoms with E-state index in [0.29, 0.717) is 13.0 Å². The number of nitrogens with zero attached hydrogens (tertiary/aromatic N) is 1. The maximum Gasteiger partial charge on any atom is 0.326 e. The van der Waals surface area contributed by atoms with E-state index in [1.807, 2.05) is 7.05 Å². The fraction of sp³-hybridized carbons (Fsp3) is 0.800. The van der Waals surface area contributed by atoms with Crippen molar-refractivity contribution in [2.75, 3.05) is 27.2 Å². The second-order valence-corrected chi connectivity index (χ2v) is 3.63. The second kappa shape index (κ2) is 7.92. The molecule has 0 fully saturated rings. The third-order valence-corrected chi connectivity index (χ3v) is 2.27. The van der Waals surface area contributed by atoms with Crippen molar-refractivity contribution in [1.82, 2.24) is 15.5 Å². The lowest BCUT2D eigenvalue weighted by Gasteiger charge is -2.20. The van der Waals surface area contributed by atoms with Crippen molar-refractivity contribution in [2.45, 2.75) is 25.8 Å². The van der Waals surface area contributed by atoms with Crippen LogP contribution in [0, 0.1) is 0 Å². The maximum atomic E-state index is 11.5. The van der Waals surface area contributed by atoms with Gasteiger partial charge in [-0.2, -0.15) is 0 Å². The van der Waals surface area contributed by atoms with Gasteiger partial charge in [0.1, 0.15) is 6.04 Å². The summed E-state index contributed by atoms with van der Waals surface area (Å²) in [6, 6.07) is -1.15. The van der Waals surface area contributed by atoms with Gasteiger partial charge in [-0.15, -0.1) is 0 Å². The summed E-state index contributed by atoms with van der Waals surface area (Å²) in [7, 11) is 3.50. The van der Waals surface area contributed by atoms with Crippen LogP contribution in [0.1, 0.15) is 19.8 Å². The van der Waals surface area contributed by atoms with Gasteiger partial charge in [-0.05, 0) is 26.4 Å². The molecule has 0 radical (unpaired) electrons. The summed E-state index contributed by atoms with van der Waals surface area (Å²) in [5.41, 5.74) is 0. The molecule has 16 heavy (non-hydrogen) atoms. The van der Waals surface area contributed by atoms with Gasteiger partial charge in [0.2, 0.25) is 0 Å². The molecule has 0 aliphatic rings. The van der Waals surface area contributed by atoms with Crippen LogP contribution >= 0.6 is 0 Å². The molecular formula is C10H21N3O3. The van der Waals surface area contributed by atoms with E-state index in [2.05, 4.69) is 10.6 Å². The molecule has 0 aromatic carbocycles. The molecule has 6 heteroatoms. The zero-order valence-electron chi connectivity index (χ0n) is 10.1. The number of nitrogens with one attached hydrogen (secondary N) is 2. The average molecular weight is 231 g/mol. The largest absolute Gasteiger partial charge is 0.480 e. The molecule has 0 heterocycles. The van der Waals surface area contributed by atoms with Crippen molar-refractivity contribution < 1.29 is 14.7 Å². The smallest absolute Gasteiger partial charge is 0.326 e. The topological polar surface area (TPSA) is 81.7 Å². The fourth-order valence-corrected chi connectivity index (χ4v) is 1.19. The van der Waals surface area contributed by atoms with Crippen LogP contribution in [0.15, 0.2) is 0 Å². The van der Waals surface area contributed by atoms with Gasteiger partial charge in [-0.3, -0.25) is 0 Å². The van der Waals surface area contributed by atoms with Crippen LogP contribution in [0.3, 0.4) is 0 Å². The summed E-state index contributed by atoms with van der Waals surface area (Å²) < 4.78 is 0. The molecule has 6 nitrogen and oxygen atoms in total. The number of urea groups is 1. The van der Waals surface area contributed by atoms with E-state index >= 15 is 0 Å². The SMILES string of the molecule is CC[C@@H](NC(=O)N(C)CCCNC)C(=O)O. The van der Waals surface area contributed by atoms with Crippen LogP contribution in [-0.2, 0) is 4.79 Å². The van der Waals surface area contributed by atoms with Crippen molar-refractivity contribution >= 4 is 12.0 Å². The highest BCUT2D eigenvalue weighted by Gasteiger charge is 2.19. The quantitative estimate of drug-likeness (QED) is 0.543. The monoisotopic (exact) mass is 231 g/mol. The van der Waals surface area contributed by atoms with E-state index in [1.165, 1.54) is 4.90 Å². The van der Waals surface area contributed by atoms with Crippen molar-refractivity contribution in [3.63, 3.8) is 0 Å². The summed E-state index contributed by atoms with van der Waals surface area (Å²) in [5, 5.41) is 14.2. The molecule has 0 aromatic heterocycles. The zero-order chi connectivity index (χ0) is 12.6. The molecular weight excluding hydrogens is 210 g/mol. The highest BCUT2D eigenvalue weighted by atomic mass is 16.4. The van der Waals surface area contributed by atoms with E-state index in [1.54, 1.807) is 14.0 Å². The zero-order valence-corrected chi connectivity index (χ0v) is 10.1. The normalized spacial score (nSPS) is 11.9. The maximum absolute atomic E-state index is 11.5. The summed E-state index contributed by atoms with van der Waals surface area (Å²) >= 11 is 0. The molecule has 2 amide bonds. The van der Waals surface area contributed by atoms with Gasteiger partial charge in [0.15, 0.2) is 0 Å². The first kappa shape index (κ1) is 14.7. The predicted octanol–water partition coefficient (Wildman–Crippen LogP) is 0.101. The number of hydrogen-bond acceptors (Lipinski definition) is 3. The molecule has 0 rings (SSSR count). The molecule has 1 atom stereocenters. The molecule has 0 unspecified atom stereocenters. The van der Waals surface area contributed by atoms with Gasteiger partial charge in [-0.1, -0.05) is 6.92 Å². The van der Waals surface area contributed by atoms with Crippen molar-refractivity contribution in [2.24, 2.45) is 0 Å². The Bertz CT molecular complexity index is 233. The third kappa shape index (κ3) is 5.55. The molecule has 3 N–H and O–H groups in total. The van der Waals surface area contributed by atoms with Crippen LogP contribution in [0.5, 0.6) is 0 Å². The third-order valence-electron chi connectivity index (χ3n) is 2.27. The summed E-state index contributed by atoms with van der Waals surface area (Å²) in [6.07, 6.45) is 1.22. The predicted molar refractivity (Wildman–Crippen MR) is 61.4 cm³/mol. The number of carbonyl (C=O) groups is 2. The first-order chi connectivity index (χ1) is 7.52. The van der Waals surface area contributed by atoms with E-state index < -0.39 is 12.0 Å². The Labute approximate surface area is 96.0 Å². The first-order valence-electron chi connectivity index (χ1n) is 5.42. The van der Waals surface area contributed by atoms with E-state index in [0.717, 1.165) is 13.0 Å². The minimum absolute atomic E-state index is 0.342. The van der Waals surface area contributed by atoms with Crippen LogP contribution in [0.2, 0.25) is 0 Å². The first-order valence-corrected chi connectivity index (χ1v) is 5.42. The Morgan fingerprint density at radius 2 is 2.06 bits per heavy atom. The lowest BCUT2D eigenvalue weighted by Crippen LogP contribution is -2.46. The standard InChI is InChI=1S/C10H21N3O3/c1-4-8(9(14)15)12-10(16)13(3)7-5-6-11-2/h8,11H,4-7H2,1-3H3,(H,12,16)(H,14,15)/t8-/m1/s1.